The summed E-state index contributed by atoms with van der Waals surface area (Å²) in [6.45, 7) is 9.31. The Morgan fingerprint density at radius 2 is 1.35 bits per heavy atom. The minimum absolute atomic E-state index is 0.00545. The van der Waals surface area contributed by atoms with E-state index in [1.165, 1.54) is 0 Å². The summed E-state index contributed by atoms with van der Waals surface area (Å²) >= 11 is 0. The Bertz CT molecular complexity index is 3670. The maximum atomic E-state index is 13.8. The number of ether oxygens (including phenoxy) is 5. The number of carbonyl (C=O) groups excluding carboxylic acids is 7. The molecule has 0 aliphatic carbocycles. The summed E-state index contributed by atoms with van der Waals surface area (Å²) in [5, 5.41) is 23.5. The maximum absolute atomic E-state index is 13.8. The number of amides is 6. The number of hydrogen-bond donors (Lipinski definition) is 7. The number of fused-ring (bicyclic) bond motifs is 8. The molecule has 7 aromatic rings. The minimum Gasteiger partial charge on any atom is -0.445 e. The van der Waals surface area contributed by atoms with Crippen LogP contribution in [0.1, 0.15) is 115 Å². The number of nitrogens with zero attached hydrogens (tertiary/aromatic N) is 6. The molecule has 508 valence electrons. The molecule has 0 bridgehead atoms. The number of unbranched alkanes of at least 4 members (excludes halogenated alkanes) is 2. The number of primary amides is 1. The Hall–Kier alpha value is -9.37. The van der Waals surface area contributed by atoms with Crippen molar-refractivity contribution in [3.63, 3.8) is 0 Å². The molecule has 0 saturated heterocycles. The standard InChI is InChI=1S/C69H89N13O13/c1-4-5-24-58-76-64-65(53-20-8-10-22-55(53)75-66(64)70)82(58)95-35-13-12-32-73-69(89)94-45-47-25-27-50(28-26-47)74-67(87)48(17-14-33-72-68(71)88)43-57(84)61(46(2)3)77-59(85)31-36-91-38-40-93-42-41-92-39-37-90-34-15-18-51(83)29-30-60(86)81-44-49-16-6-7-19-52(49)62-63(79-80-78-62)54-21-9-11-23-56(54)81/h6-11,16,19-23,25-28,46,48,61H,4-5,12-15,17-18,24,29-45H2,1-3H3,(H2,70,75)(H,73,89)(H,74,87)(H,77,85)(H3,71,72,88)(H,78,79,80)/t48-,61+/m0/s1. The van der Waals surface area contributed by atoms with E-state index in [1.807, 2.05) is 86.6 Å². The van der Waals surface area contributed by atoms with Crippen molar-refractivity contribution >= 4 is 80.5 Å². The van der Waals surface area contributed by atoms with Gasteiger partial charge in [0.15, 0.2) is 11.6 Å². The van der Waals surface area contributed by atoms with E-state index in [0.717, 1.165) is 69.6 Å². The molecular weight excluding hydrogens is 1220 g/mol. The lowest BCUT2D eigenvalue weighted by atomic mass is 9.89. The van der Waals surface area contributed by atoms with Gasteiger partial charge in [-0.25, -0.2) is 19.6 Å². The molecule has 2 atom stereocenters. The molecule has 4 heterocycles. The number of carbonyl (C=O) groups is 7. The molecule has 6 amide bonds. The fraction of sp³-hybridized carbons (Fsp3) is 0.464. The fourth-order valence-corrected chi connectivity index (χ4v) is 11.0. The third-order valence-electron chi connectivity index (χ3n) is 16.0. The predicted molar refractivity (Wildman–Crippen MR) is 359 cm³/mol. The molecule has 9 N–H and O–H groups in total. The van der Waals surface area contributed by atoms with Crippen molar-refractivity contribution in [1.29, 1.82) is 0 Å². The smallest absolute Gasteiger partial charge is 0.407 e. The molecule has 26 heteroatoms. The highest BCUT2D eigenvalue weighted by atomic mass is 16.7. The largest absolute Gasteiger partial charge is 0.445 e. The Balaban J connectivity index is 0.652. The highest BCUT2D eigenvalue weighted by molar-refractivity contribution is 6.06. The van der Waals surface area contributed by atoms with Crippen LogP contribution in [0, 0.1) is 11.8 Å². The number of Topliss-reactive ketones (excluding diaryl/α,β-unsaturated/α-hetero) is 2. The molecular formula is C69H89N13O13. The molecule has 0 unspecified atom stereocenters. The Labute approximate surface area is 552 Å². The normalized spacial score (nSPS) is 12.4. The van der Waals surface area contributed by atoms with Gasteiger partial charge in [0, 0.05) is 86.3 Å². The van der Waals surface area contributed by atoms with Gasteiger partial charge >= 0.3 is 12.1 Å². The minimum atomic E-state index is -0.872. The van der Waals surface area contributed by atoms with Gasteiger partial charge in [-0.15, -0.1) is 0 Å². The number of imidazole rings is 1. The fourth-order valence-electron chi connectivity index (χ4n) is 11.0. The van der Waals surface area contributed by atoms with Crippen molar-refractivity contribution < 1.29 is 62.1 Å². The number of urea groups is 1. The van der Waals surface area contributed by atoms with Gasteiger partial charge in [-0.1, -0.05) is 100.0 Å². The average molecular weight is 1310 g/mol. The molecule has 1 aliphatic rings. The SMILES string of the molecule is CCCCc1nc2c(N)nc3ccccc3c2n1OCCCCNC(=O)OCc1ccc(NC(=O)[C@@H](CCCNC(N)=O)CC(=O)[C@H](NC(=O)CCOCCOCCOCCOCCCC(=O)CCC(=O)N2Cc3ccccc3-c3n[nH]nc3-c3ccccc32)C(C)C)cc1. The molecule has 1 aliphatic heterocycles. The number of aromatic amines is 1. The molecule has 26 nitrogen and oxygen atoms in total. The van der Waals surface area contributed by atoms with E-state index in [0.29, 0.717) is 113 Å². The van der Waals surface area contributed by atoms with Crippen LogP contribution in [0.4, 0.5) is 26.8 Å². The van der Waals surface area contributed by atoms with Crippen LogP contribution in [-0.2, 0) is 67.2 Å². The third-order valence-corrected chi connectivity index (χ3v) is 16.0. The molecule has 4 aromatic carbocycles. The topological polar surface area (TPSA) is 351 Å². The summed E-state index contributed by atoms with van der Waals surface area (Å²) in [7, 11) is 0. The first-order valence-corrected chi connectivity index (χ1v) is 32.7. The Morgan fingerprint density at radius 1 is 0.674 bits per heavy atom. The number of nitrogens with one attached hydrogen (secondary N) is 5. The lowest BCUT2D eigenvalue weighted by molar-refractivity contribution is -0.131. The number of anilines is 3. The van der Waals surface area contributed by atoms with Crippen LogP contribution < -0.4 is 42.5 Å². The molecule has 3 aromatic heterocycles. The summed E-state index contributed by atoms with van der Waals surface area (Å²) in [4.78, 5) is 109. The molecule has 0 fully saturated rings. The van der Waals surface area contributed by atoms with Gasteiger partial charge in [0.05, 0.1) is 70.0 Å². The maximum Gasteiger partial charge on any atom is 0.407 e. The van der Waals surface area contributed by atoms with E-state index >= 15 is 0 Å². The monoisotopic (exact) mass is 1310 g/mol. The van der Waals surface area contributed by atoms with Crippen LogP contribution in [0.15, 0.2) is 97.1 Å². The number of ketones is 2. The molecule has 95 heavy (non-hydrogen) atoms. The van der Waals surface area contributed by atoms with Crippen molar-refractivity contribution in [2.24, 2.45) is 17.6 Å². The zero-order valence-electron chi connectivity index (χ0n) is 54.5. The first-order valence-electron chi connectivity index (χ1n) is 32.7. The average Bonchev–Trinajstić information content (AvgIpc) is 1.68. The van der Waals surface area contributed by atoms with E-state index in [2.05, 4.69) is 48.6 Å². The number of pyridine rings is 1. The number of nitrogens with two attached hydrogens (primary N) is 2. The van der Waals surface area contributed by atoms with Crippen molar-refractivity contribution in [2.45, 2.75) is 123 Å². The van der Waals surface area contributed by atoms with E-state index in [1.54, 1.807) is 33.9 Å². The number of hydrogen-bond acceptors (Lipinski definition) is 18. The highest BCUT2D eigenvalue weighted by Crippen LogP contribution is 2.40. The van der Waals surface area contributed by atoms with E-state index < -0.39 is 30.0 Å². The number of para-hydroxylation sites is 2. The first kappa shape index (κ1) is 71.5. The lowest BCUT2D eigenvalue weighted by Crippen LogP contribution is -2.45. The Morgan fingerprint density at radius 3 is 2.08 bits per heavy atom. The number of aromatic nitrogens is 6. The van der Waals surface area contributed by atoms with E-state index in [-0.39, 0.29) is 94.4 Å². The van der Waals surface area contributed by atoms with Crippen LogP contribution in [0.5, 0.6) is 0 Å². The summed E-state index contributed by atoms with van der Waals surface area (Å²) in [6, 6.07) is 28.3. The lowest BCUT2D eigenvalue weighted by Gasteiger charge is -2.28. The van der Waals surface area contributed by atoms with Crippen LogP contribution in [0.2, 0.25) is 0 Å². The molecule has 0 radical (unpaired) electrons. The van der Waals surface area contributed by atoms with Crippen molar-refractivity contribution in [2.75, 3.05) is 88.5 Å². The van der Waals surface area contributed by atoms with Crippen LogP contribution in [0.3, 0.4) is 0 Å². The number of benzene rings is 4. The second-order valence-corrected chi connectivity index (χ2v) is 23.5. The van der Waals surface area contributed by atoms with Gasteiger partial charge in [-0.3, -0.25) is 24.0 Å². The molecule has 0 saturated carbocycles. The predicted octanol–water partition coefficient (Wildman–Crippen LogP) is 8.33. The number of aryl methyl sites for hydroxylation is 1. The third kappa shape index (κ3) is 21.6. The van der Waals surface area contributed by atoms with Crippen LogP contribution in [0.25, 0.3) is 44.5 Å². The summed E-state index contributed by atoms with van der Waals surface area (Å²) in [5.74, 6) is -1.25. The summed E-state index contributed by atoms with van der Waals surface area (Å²) in [6.07, 6.45) is 4.80. The van der Waals surface area contributed by atoms with Gasteiger partial charge in [-0.05, 0) is 79.8 Å². The zero-order valence-corrected chi connectivity index (χ0v) is 54.5. The second kappa shape index (κ2) is 37.5. The highest BCUT2D eigenvalue weighted by Gasteiger charge is 2.31. The summed E-state index contributed by atoms with van der Waals surface area (Å²) < 4.78 is 29.7. The van der Waals surface area contributed by atoms with Crippen molar-refractivity contribution in [1.82, 2.24) is 46.1 Å². The first-order chi connectivity index (χ1) is 46.2. The van der Waals surface area contributed by atoms with Crippen LogP contribution >= 0.6 is 0 Å². The van der Waals surface area contributed by atoms with Crippen molar-refractivity contribution in [3.05, 3.63) is 114 Å². The quantitative estimate of drug-likeness (QED) is 0.0177. The van der Waals surface area contributed by atoms with Gasteiger partial charge in [0.2, 0.25) is 17.7 Å². The van der Waals surface area contributed by atoms with Crippen LogP contribution in [-0.4, -0.2) is 150 Å². The van der Waals surface area contributed by atoms with Crippen molar-refractivity contribution in [3.8, 4) is 22.5 Å². The zero-order chi connectivity index (χ0) is 67.3. The van der Waals surface area contributed by atoms with Gasteiger partial charge in [0.25, 0.3) is 0 Å². The molecule has 0 spiro atoms. The van der Waals surface area contributed by atoms with E-state index in [9.17, 15) is 33.6 Å². The van der Waals surface area contributed by atoms with Gasteiger partial charge in [-0.2, -0.15) is 20.1 Å². The summed E-state index contributed by atoms with van der Waals surface area (Å²) in [5.41, 5.74) is 19.6. The van der Waals surface area contributed by atoms with Gasteiger partial charge in [0.1, 0.15) is 47.2 Å². The number of H-pyrrole nitrogens is 1. The van der Waals surface area contributed by atoms with E-state index in [4.69, 9.17) is 45.0 Å². The number of nitrogen functional groups attached to an aromatic ring is 1. The number of alkyl carbamates (subject to hydrolysis) is 1. The van der Waals surface area contributed by atoms with Gasteiger partial charge < -0.3 is 66.2 Å². The molecule has 8 rings (SSSR count). The Kier molecular flexibility index (Phi) is 28.2. The second-order valence-electron chi connectivity index (χ2n) is 23.5. The number of rotatable bonds is 41.